The molecule has 7 nitrogen and oxygen atoms in total. The molecule has 0 spiro atoms. The summed E-state index contributed by atoms with van der Waals surface area (Å²) in [6.45, 7) is 0. The summed E-state index contributed by atoms with van der Waals surface area (Å²) in [7, 11) is -10.3. The summed E-state index contributed by atoms with van der Waals surface area (Å²) < 4.78 is 21.7. The van der Waals surface area contributed by atoms with Crippen LogP contribution < -0.4 is 4.44 Å². The molecular weight excluding hydrogens is 291 g/mol. The molecule has 0 aliphatic carbocycles. The first kappa shape index (κ1) is 16.6. The molecule has 0 unspecified atom stereocenters. The average Bonchev–Trinajstić information content (AvgIpc) is 2.03. The molecule has 0 bridgehead atoms. The lowest BCUT2D eigenvalue weighted by Gasteiger charge is -2.25. The summed E-state index contributed by atoms with van der Waals surface area (Å²) in [5, 5.41) is -0.172. The van der Waals surface area contributed by atoms with Crippen LogP contribution in [-0.2, 0) is 9.13 Å². The summed E-state index contributed by atoms with van der Waals surface area (Å²) in [6.07, 6.45) is 0. The van der Waals surface area contributed by atoms with Gasteiger partial charge in [-0.25, -0.2) is 9.13 Å². The van der Waals surface area contributed by atoms with Crippen molar-refractivity contribution >= 4 is 32.8 Å². The molecule has 98 valence electrons. The van der Waals surface area contributed by atoms with Crippen molar-refractivity contribution in [2.75, 3.05) is 4.44 Å². The largest absolute Gasteiger partial charge is 0.439 e. The minimum atomic E-state index is -5.16. The van der Waals surface area contributed by atoms with Crippen LogP contribution in [0.15, 0.2) is 24.3 Å². The van der Waals surface area contributed by atoms with Gasteiger partial charge in [0.25, 0.3) is 0 Å². The molecule has 0 aromatic heterocycles. The summed E-state index contributed by atoms with van der Waals surface area (Å²) in [5.41, 5.74) is -0.425. The van der Waals surface area contributed by atoms with Gasteiger partial charge in [-0.2, -0.15) is 4.44 Å². The number of para-hydroxylation sites is 1. The van der Waals surface area contributed by atoms with Crippen LogP contribution in [0.2, 0.25) is 5.02 Å². The van der Waals surface area contributed by atoms with Gasteiger partial charge >= 0.3 is 15.5 Å². The highest BCUT2D eigenvalue weighted by Gasteiger charge is 2.40. The lowest BCUT2D eigenvalue weighted by molar-refractivity contribution is 0.350. The second-order valence-electron chi connectivity index (χ2n) is 2.77. The van der Waals surface area contributed by atoms with Gasteiger partial charge in [-0.1, -0.05) is 31.2 Å². The summed E-state index contributed by atoms with van der Waals surface area (Å²) in [5.74, 6) is 0. The van der Waals surface area contributed by atoms with E-state index in [0.29, 0.717) is 0 Å². The molecule has 4 N–H and O–H groups in total. The molecular formula is C7H12ClNO6P2. The van der Waals surface area contributed by atoms with Crippen LogP contribution in [0.4, 0.5) is 5.69 Å². The van der Waals surface area contributed by atoms with Crippen molar-refractivity contribution in [3.8, 4) is 0 Å². The Morgan fingerprint density at radius 2 is 1.41 bits per heavy atom. The maximum absolute atomic E-state index is 11.0. The molecule has 0 aliphatic heterocycles. The van der Waals surface area contributed by atoms with E-state index in [2.05, 4.69) is 0 Å². The summed E-state index contributed by atoms with van der Waals surface area (Å²) in [6, 6.07) is 5.17. The van der Waals surface area contributed by atoms with E-state index >= 15 is 0 Å². The summed E-state index contributed by atoms with van der Waals surface area (Å²) >= 11 is 5.60. The number of anilines is 1. The zero-order valence-electron chi connectivity index (χ0n) is 7.63. The first-order chi connectivity index (χ1) is 7.14. The highest BCUT2D eigenvalue weighted by Crippen LogP contribution is 2.61. The predicted molar refractivity (Wildman–Crippen MR) is 64.8 cm³/mol. The van der Waals surface area contributed by atoms with Gasteiger partial charge in [0.05, 0.1) is 10.7 Å². The number of hydrogen-bond acceptors (Lipinski definition) is 2. The third kappa shape index (κ3) is 4.08. The van der Waals surface area contributed by atoms with Gasteiger partial charge in [0.1, 0.15) is 0 Å². The van der Waals surface area contributed by atoms with Crippen LogP contribution in [0, 0.1) is 0 Å². The van der Waals surface area contributed by atoms with E-state index < -0.39 is 21.2 Å². The fourth-order valence-electron chi connectivity index (χ4n) is 1.05. The second-order valence-corrected chi connectivity index (χ2v) is 6.34. The number of benzene rings is 1. The molecule has 17 heavy (non-hydrogen) atoms. The van der Waals surface area contributed by atoms with Gasteiger partial charge in [-0.15, -0.1) is 0 Å². The Bertz CT molecular complexity index is 461. The molecule has 0 saturated heterocycles. The minimum absolute atomic E-state index is 0. The lowest BCUT2D eigenvalue weighted by atomic mass is 10.3. The van der Waals surface area contributed by atoms with E-state index in [1.165, 1.54) is 18.2 Å². The molecule has 0 amide bonds. The van der Waals surface area contributed by atoms with Crippen LogP contribution >= 0.6 is 27.1 Å². The predicted octanol–water partition coefficient (Wildman–Crippen LogP) is 1.97. The highest BCUT2D eigenvalue weighted by atomic mass is 35.5. The first-order valence-electron chi connectivity index (χ1n) is 3.81. The number of rotatable bonds is 3. The lowest BCUT2D eigenvalue weighted by Crippen LogP contribution is -2.15. The quantitative estimate of drug-likeness (QED) is 0.630. The van der Waals surface area contributed by atoms with E-state index in [1.807, 2.05) is 0 Å². The molecule has 0 radical (unpaired) electrons. The van der Waals surface area contributed by atoms with Crippen molar-refractivity contribution in [2.45, 2.75) is 7.43 Å². The number of nitrogens with zero attached hydrogens (tertiary/aromatic N) is 1. The minimum Gasteiger partial charge on any atom is -0.308 e. The smallest absolute Gasteiger partial charge is 0.308 e. The Morgan fingerprint density at radius 3 is 1.76 bits per heavy atom. The van der Waals surface area contributed by atoms with Crippen LogP contribution in [0.25, 0.3) is 0 Å². The zero-order chi connectivity index (χ0) is 12.6. The van der Waals surface area contributed by atoms with Crippen molar-refractivity contribution in [1.82, 2.24) is 0 Å². The van der Waals surface area contributed by atoms with Crippen LogP contribution in [-0.4, -0.2) is 19.6 Å². The van der Waals surface area contributed by atoms with Crippen molar-refractivity contribution in [2.24, 2.45) is 0 Å². The Balaban J connectivity index is 0.00000256. The van der Waals surface area contributed by atoms with Crippen molar-refractivity contribution in [1.29, 1.82) is 0 Å². The maximum atomic E-state index is 11.0. The standard InChI is InChI=1S/C6H8ClNO6P2.CH4/c7-5-3-1-2-4-6(5)8(15(9,10)11)16(12,13)14;/h1-4H,(H2,9,10,11)(H2,12,13,14);1H4. The van der Waals surface area contributed by atoms with Gasteiger partial charge in [0, 0.05) is 0 Å². The highest BCUT2D eigenvalue weighted by molar-refractivity contribution is 7.72. The molecule has 0 fully saturated rings. The van der Waals surface area contributed by atoms with Crippen LogP contribution in [0.1, 0.15) is 7.43 Å². The van der Waals surface area contributed by atoms with E-state index in [9.17, 15) is 9.13 Å². The van der Waals surface area contributed by atoms with Gasteiger partial charge in [-0.3, -0.25) is 0 Å². The number of hydrogen-bond donors (Lipinski definition) is 4. The van der Waals surface area contributed by atoms with Gasteiger partial charge in [-0.05, 0) is 12.1 Å². The third-order valence-electron chi connectivity index (χ3n) is 1.56. The number of halogens is 1. The maximum Gasteiger partial charge on any atom is 0.439 e. The van der Waals surface area contributed by atoms with Gasteiger partial charge in [0.15, 0.2) is 0 Å². The van der Waals surface area contributed by atoms with Gasteiger partial charge < -0.3 is 19.6 Å². The Kier molecular flexibility index (Phi) is 5.38. The normalized spacial score (nSPS) is 11.8. The Labute approximate surface area is 103 Å². The molecule has 0 atom stereocenters. The summed E-state index contributed by atoms with van der Waals surface area (Å²) in [4.78, 5) is 35.5. The van der Waals surface area contributed by atoms with E-state index in [-0.39, 0.29) is 16.9 Å². The molecule has 1 aromatic carbocycles. The van der Waals surface area contributed by atoms with Gasteiger partial charge in [0.2, 0.25) is 0 Å². The molecule has 0 heterocycles. The van der Waals surface area contributed by atoms with E-state index in [4.69, 9.17) is 31.2 Å². The van der Waals surface area contributed by atoms with E-state index in [1.54, 1.807) is 0 Å². The Hall–Kier alpha value is -0.390. The van der Waals surface area contributed by atoms with Crippen molar-refractivity contribution in [3.63, 3.8) is 0 Å². The monoisotopic (exact) mass is 303 g/mol. The van der Waals surface area contributed by atoms with Crippen molar-refractivity contribution < 1.29 is 28.7 Å². The first-order valence-corrected chi connectivity index (χ1v) is 7.31. The zero-order valence-corrected chi connectivity index (χ0v) is 10.2. The van der Waals surface area contributed by atoms with Crippen molar-refractivity contribution in [3.05, 3.63) is 29.3 Å². The fourth-order valence-corrected chi connectivity index (χ4v) is 3.51. The molecule has 0 saturated carbocycles. The van der Waals surface area contributed by atoms with Crippen LogP contribution in [0.5, 0.6) is 0 Å². The Morgan fingerprint density at radius 1 is 1.00 bits per heavy atom. The molecule has 0 aliphatic rings. The fraction of sp³-hybridized carbons (Fsp3) is 0.143. The topological polar surface area (TPSA) is 118 Å². The van der Waals surface area contributed by atoms with Crippen LogP contribution in [0.3, 0.4) is 0 Å². The average molecular weight is 304 g/mol. The SMILES string of the molecule is C.O=P(O)(O)N(c1ccccc1Cl)P(=O)(O)O. The molecule has 1 rings (SSSR count). The molecule has 10 heteroatoms. The van der Waals surface area contributed by atoms with E-state index in [0.717, 1.165) is 6.07 Å². The third-order valence-corrected chi connectivity index (χ3v) is 4.70. The molecule has 1 aromatic rings. The second kappa shape index (κ2) is 5.50.